The first-order valence-electron chi connectivity index (χ1n) is 11.4. The number of carbonyl (C=O) groups excluding carboxylic acids is 1. The summed E-state index contributed by atoms with van der Waals surface area (Å²) < 4.78 is 10.9. The van der Waals surface area contributed by atoms with E-state index in [0.717, 1.165) is 23.1 Å². The third-order valence-electron chi connectivity index (χ3n) is 5.46. The maximum Gasteiger partial charge on any atom is 0.342 e. The van der Waals surface area contributed by atoms with Gasteiger partial charge in [-0.05, 0) is 29.2 Å². The van der Waals surface area contributed by atoms with Gasteiger partial charge < -0.3 is 9.47 Å². The van der Waals surface area contributed by atoms with Gasteiger partial charge in [-0.1, -0.05) is 102 Å². The van der Waals surface area contributed by atoms with Gasteiger partial charge in [-0.2, -0.15) is 0 Å². The van der Waals surface area contributed by atoms with Crippen LogP contribution in [0.5, 0.6) is 5.75 Å². The van der Waals surface area contributed by atoms with Gasteiger partial charge in [-0.3, -0.25) is 0 Å². The molecule has 29 heavy (non-hydrogen) atoms. The van der Waals surface area contributed by atoms with Gasteiger partial charge in [0.15, 0.2) is 0 Å². The second-order valence-electron chi connectivity index (χ2n) is 8.36. The molecule has 0 aromatic heterocycles. The Morgan fingerprint density at radius 2 is 1.45 bits per heavy atom. The molecule has 0 heterocycles. The van der Waals surface area contributed by atoms with Crippen molar-refractivity contribution >= 4 is 16.7 Å². The average Bonchev–Trinajstić information content (AvgIpc) is 2.73. The molecule has 0 saturated carbocycles. The average molecular weight is 399 g/mol. The van der Waals surface area contributed by atoms with Crippen molar-refractivity contribution in [1.82, 2.24) is 0 Å². The molecule has 0 aliphatic carbocycles. The second-order valence-corrected chi connectivity index (χ2v) is 8.36. The highest BCUT2D eigenvalue weighted by molar-refractivity contribution is 6.07. The molecule has 0 bridgehead atoms. The summed E-state index contributed by atoms with van der Waals surface area (Å²) >= 11 is 0. The van der Waals surface area contributed by atoms with E-state index >= 15 is 0 Å². The van der Waals surface area contributed by atoms with Crippen molar-refractivity contribution in [3.05, 3.63) is 42.0 Å². The van der Waals surface area contributed by atoms with E-state index in [1.807, 2.05) is 36.4 Å². The summed E-state index contributed by atoms with van der Waals surface area (Å²) in [5.41, 5.74) is 0.531. The van der Waals surface area contributed by atoms with Gasteiger partial charge in [-0.25, -0.2) is 4.79 Å². The standard InChI is InChI=1S/C26H38O3/c1-21(2)15-11-9-7-5-4-6-8-10-14-20-29-24-19-18-22-16-12-13-17-23(22)25(24)26(27)28-3/h12-13,16-19,21H,4-11,14-15,20H2,1-3H3. The highest BCUT2D eigenvalue weighted by Crippen LogP contribution is 2.29. The van der Waals surface area contributed by atoms with E-state index in [4.69, 9.17) is 9.47 Å². The summed E-state index contributed by atoms with van der Waals surface area (Å²) in [4.78, 5) is 12.3. The number of hydrogen-bond acceptors (Lipinski definition) is 3. The van der Waals surface area contributed by atoms with Crippen molar-refractivity contribution < 1.29 is 14.3 Å². The Bertz CT molecular complexity index is 736. The van der Waals surface area contributed by atoms with Crippen LogP contribution in [0.1, 0.15) is 88.4 Å². The van der Waals surface area contributed by atoms with Crippen molar-refractivity contribution in [3.8, 4) is 5.75 Å². The first-order chi connectivity index (χ1) is 14.1. The lowest BCUT2D eigenvalue weighted by Crippen LogP contribution is -2.07. The molecule has 3 heteroatoms. The van der Waals surface area contributed by atoms with E-state index in [1.54, 1.807) is 0 Å². The minimum atomic E-state index is -0.342. The molecule has 0 spiro atoms. The van der Waals surface area contributed by atoms with Gasteiger partial charge in [0.25, 0.3) is 0 Å². The third kappa shape index (κ3) is 8.08. The minimum Gasteiger partial charge on any atom is -0.493 e. The van der Waals surface area contributed by atoms with Crippen LogP contribution in [0.4, 0.5) is 0 Å². The summed E-state index contributed by atoms with van der Waals surface area (Å²) in [5.74, 6) is 1.12. The molecule has 0 fully saturated rings. The van der Waals surface area contributed by atoms with Crippen LogP contribution in [0.3, 0.4) is 0 Å². The van der Waals surface area contributed by atoms with Gasteiger partial charge in [0.1, 0.15) is 11.3 Å². The van der Waals surface area contributed by atoms with Crippen molar-refractivity contribution in [2.75, 3.05) is 13.7 Å². The van der Waals surface area contributed by atoms with Gasteiger partial charge in [0, 0.05) is 0 Å². The zero-order valence-electron chi connectivity index (χ0n) is 18.5. The fraction of sp³-hybridized carbons (Fsp3) is 0.577. The zero-order chi connectivity index (χ0) is 20.9. The first kappa shape index (κ1) is 23.3. The van der Waals surface area contributed by atoms with Crippen molar-refractivity contribution in [3.63, 3.8) is 0 Å². The fourth-order valence-electron chi connectivity index (χ4n) is 3.76. The molecule has 0 N–H and O–H groups in total. The van der Waals surface area contributed by atoms with Crippen LogP contribution in [0.25, 0.3) is 10.8 Å². The lowest BCUT2D eigenvalue weighted by molar-refractivity contribution is 0.0598. The summed E-state index contributed by atoms with van der Waals surface area (Å²) in [6, 6.07) is 11.7. The Hall–Kier alpha value is -2.03. The quantitative estimate of drug-likeness (QED) is 0.243. The van der Waals surface area contributed by atoms with Gasteiger partial charge in [-0.15, -0.1) is 0 Å². The number of esters is 1. The van der Waals surface area contributed by atoms with Crippen LogP contribution in [-0.2, 0) is 4.74 Å². The maximum absolute atomic E-state index is 12.3. The molecule has 0 radical (unpaired) electrons. The van der Waals surface area contributed by atoms with E-state index < -0.39 is 0 Å². The largest absolute Gasteiger partial charge is 0.493 e. The number of unbranched alkanes of at least 4 members (excludes halogenated alkanes) is 8. The predicted octanol–water partition coefficient (Wildman–Crippen LogP) is 7.56. The van der Waals surface area contributed by atoms with E-state index in [2.05, 4.69) is 13.8 Å². The van der Waals surface area contributed by atoms with Crippen LogP contribution in [0.2, 0.25) is 0 Å². The molecule has 0 unspecified atom stereocenters. The van der Waals surface area contributed by atoms with Gasteiger partial charge in [0.05, 0.1) is 13.7 Å². The molecule has 0 aliphatic rings. The normalized spacial score (nSPS) is 11.2. The van der Waals surface area contributed by atoms with Crippen LogP contribution in [-0.4, -0.2) is 19.7 Å². The minimum absolute atomic E-state index is 0.342. The predicted molar refractivity (Wildman–Crippen MR) is 122 cm³/mol. The maximum atomic E-state index is 12.3. The van der Waals surface area contributed by atoms with Crippen LogP contribution in [0, 0.1) is 5.92 Å². The Kier molecular flexibility index (Phi) is 10.6. The lowest BCUT2D eigenvalue weighted by Gasteiger charge is -2.13. The second kappa shape index (κ2) is 13.2. The smallest absolute Gasteiger partial charge is 0.342 e. The number of carbonyl (C=O) groups is 1. The summed E-state index contributed by atoms with van der Waals surface area (Å²) in [7, 11) is 1.41. The molecule has 2 aromatic carbocycles. The Labute approximate surface area is 176 Å². The molecule has 3 nitrogen and oxygen atoms in total. The monoisotopic (exact) mass is 398 g/mol. The van der Waals surface area contributed by atoms with Crippen molar-refractivity contribution in [2.24, 2.45) is 5.92 Å². The summed E-state index contributed by atoms with van der Waals surface area (Å²) in [5, 5.41) is 1.90. The zero-order valence-corrected chi connectivity index (χ0v) is 18.5. The highest BCUT2D eigenvalue weighted by Gasteiger charge is 2.17. The molecule has 0 atom stereocenters. The SMILES string of the molecule is COC(=O)c1c(OCCCCCCCCCCCC(C)C)ccc2ccccc12. The highest BCUT2D eigenvalue weighted by atomic mass is 16.5. The van der Waals surface area contributed by atoms with Crippen LogP contribution in [0.15, 0.2) is 36.4 Å². The van der Waals surface area contributed by atoms with E-state index in [-0.39, 0.29) is 5.97 Å². The Balaban J connectivity index is 1.65. The molecule has 160 valence electrons. The van der Waals surface area contributed by atoms with E-state index in [0.29, 0.717) is 17.9 Å². The Morgan fingerprint density at radius 1 is 0.828 bits per heavy atom. The van der Waals surface area contributed by atoms with Gasteiger partial charge in [0.2, 0.25) is 0 Å². The van der Waals surface area contributed by atoms with Crippen molar-refractivity contribution in [2.45, 2.75) is 78.1 Å². The third-order valence-corrected chi connectivity index (χ3v) is 5.46. The summed E-state index contributed by atoms with van der Waals surface area (Å²) in [6.45, 7) is 5.25. The lowest BCUT2D eigenvalue weighted by atomic mass is 10.0. The van der Waals surface area contributed by atoms with Crippen molar-refractivity contribution in [1.29, 1.82) is 0 Å². The molecular formula is C26H38O3. The molecule has 2 aromatic rings. The van der Waals surface area contributed by atoms with E-state index in [1.165, 1.54) is 64.9 Å². The molecule has 2 rings (SSSR count). The number of rotatable bonds is 14. The van der Waals surface area contributed by atoms with E-state index in [9.17, 15) is 4.79 Å². The number of benzene rings is 2. The van der Waals surface area contributed by atoms with Crippen LogP contribution >= 0.6 is 0 Å². The fourth-order valence-corrected chi connectivity index (χ4v) is 3.76. The number of ether oxygens (including phenoxy) is 2. The number of fused-ring (bicyclic) bond motifs is 1. The van der Waals surface area contributed by atoms with Crippen LogP contribution < -0.4 is 4.74 Å². The molecule has 0 aliphatic heterocycles. The number of hydrogen-bond donors (Lipinski definition) is 0. The number of methoxy groups -OCH3 is 1. The first-order valence-corrected chi connectivity index (χ1v) is 11.4. The molecule has 0 saturated heterocycles. The molecular weight excluding hydrogens is 360 g/mol. The Morgan fingerprint density at radius 3 is 2.10 bits per heavy atom. The summed E-state index contributed by atoms with van der Waals surface area (Å²) in [6.07, 6.45) is 13.0. The van der Waals surface area contributed by atoms with Gasteiger partial charge >= 0.3 is 5.97 Å². The topological polar surface area (TPSA) is 35.5 Å². The molecule has 0 amide bonds.